The number of hydrogen-bond donors (Lipinski definition) is 0. The molecule has 10 heteroatoms. The molecule has 29 heavy (non-hydrogen) atoms. The first-order chi connectivity index (χ1) is 13.7. The van der Waals surface area contributed by atoms with Crippen LogP contribution in [0.4, 0.5) is 13.2 Å². The maximum Gasteiger partial charge on any atom is 0.417 e. The Hall–Kier alpha value is -2.10. The second-order valence-corrected chi connectivity index (χ2v) is 9.20. The van der Waals surface area contributed by atoms with Gasteiger partial charge in [-0.15, -0.1) is 0 Å². The molecular weight excluding hydrogens is 429 g/mol. The van der Waals surface area contributed by atoms with Gasteiger partial charge in [-0.2, -0.15) is 17.5 Å². The van der Waals surface area contributed by atoms with Gasteiger partial charge in [-0.25, -0.2) is 13.4 Å². The maximum atomic E-state index is 13.4. The molecule has 3 aromatic rings. The lowest BCUT2D eigenvalue weighted by molar-refractivity contribution is -0.139. The third-order valence-corrected chi connectivity index (χ3v) is 7.07. The highest BCUT2D eigenvalue weighted by Crippen LogP contribution is 2.38. The zero-order valence-electron chi connectivity index (χ0n) is 15.0. The summed E-state index contributed by atoms with van der Waals surface area (Å²) in [6, 6.07) is 9.83. The quantitative estimate of drug-likeness (QED) is 0.566. The van der Waals surface area contributed by atoms with Gasteiger partial charge in [0.1, 0.15) is 5.52 Å². The smallest absolute Gasteiger partial charge is 0.417 e. The number of fused-ring (bicyclic) bond motifs is 1. The topological polar surface area (TPSA) is 63.4 Å². The molecule has 1 saturated heterocycles. The predicted octanol–water partition coefficient (Wildman–Crippen LogP) is 5.07. The summed E-state index contributed by atoms with van der Waals surface area (Å²) in [6.07, 6.45) is -3.73. The van der Waals surface area contributed by atoms with Crippen molar-refractivity contribution in [1.29, 1.82) is 0 Å². The number of rotatable bonds is 3. The van der Waals surface area contributed by atoms with Gasteiger partial charge in [-0.05, 0) is 43.2 Å². The van der Waals surface area contributed by atoms with Crippen LogP contribution in [-0.4, -0.2) is 30.8 Å². The largest absolute Gasteiger partial charge is 0.440 e. The molecule has 5 nitrogen and oxygen atoms in total. The molecule has 1 atom stereocenters. The molecule has 1 aromatic heterocycles. The van der Waals surface area contributed by atoms with E-state index in [2.05, 4.69) is 4.98 Å². The molecule has 2 heterocycles. The van der Waals surface area contributed by atoms with Gasteiger partial charge in [-0.3, -0.25) is 0 Å². The van der Waals surface area contributed by atoms with E-state index in [4.69, 9.17) is 16.0 Å². The van der Waals surface area contributed by atoms with Gasteiger partial charge < -0.3 is 4.42 Å². The number of hydrogen-bond acceptors (Lipinski definition) is 4. The van der Waals surface area contributed by atoms with Crippen LogP contribution in [0.15, 0.2) is 51.8 Å². The highest BCUT2D eigenvalue weighted by molar-refractivity contribution is 7.89. The Balaban J connectivity index is 1.67. The van der Waals surface area contributed by atoms with Crippen LogP contribution in [0.2, 0.25) is 5.02 Å². The lowest BCUT2D eigenvalue weighted by Gasteiger charge is -2.31. The summed E-state index contributed by atoms with van der Waals surface area (Å²) >= 11 is 5.67. The summed E-state index contributed by atoms with van der Waals surface area (Å²) in [6.45, 7) is 0.119. The SMILES string of the molecule is O=S(=O)(c1ccc(Cl)cc1C(F)(F)F)N1CCC[C@H](c2nc3ccccc3o2)C1. The monoisotopic (exact) mass is 444 g/mol. The van der Waals surface area contributed by atoms with Crippen molar-refractivity contribution in [2.24, 2.45) is 0 Å². The average molecular weight is 445 g/mol. The van der Waals surface area contributed by atoms with E-state index >= 15 is 0 Å². The number of piperidine rings is 1. The van der Waals surface area contributed by atoms with Gasteiger partial charge >= 0.3 is 6.18 Å². The van der Waals surface area contributed by atoms with Crippen LogP contribution in [0, 0.1) is 0 Å². The molecular formula is C19H16ClF3N2O3S. The van der Waals surface area contributed by atoms with Gasteiger partial charge in [0.25, 0.3) is 0 Å². The fraction of sp³-hybridized carbons (Fsp3) is 0.316. The van der Waals surface area contributed by atoms with Crippen molar-refractivity contribution in [3.8, 4) is 0 Å². The Morgan fingerprint density at radius 3 is 2.66 bits per heavy atom. The van der Waals surface area contributed by atoms with Gasteiger partial charge in [0, 0.05) is 24.0 Å². The fourth-order valence-electron chi connectivity index (χ4n) is 3.51. The molecule has 0 spiro atoms. The molecule has 154 valence electrons. The summed E-state index contributed by atoms with van der Waals surface area (Å²) in [7, 11) is -4.38. The molecule has 4 rings (SSSR count). The van der Waals surface area contributed by atoms with Crippen molar-refractivity contribution in [3.63, 3.8) is 0 Å². The van der Waals surface area contributed by atoms with Crippen molar-refractivity contribution < 1.29 is 26.0 Å². The van der Waals surface area contributed by atoms with Crippen LogP contribution in [0.3, 0.4) is 0 Å². The minimum atomic E-state index is -4.84. The van der Waals surface area contributed by atoms with E-state index in [-0.39, 0.29) is 24.0 Å². The summed E-state index contributed by atoms with van der Waals surface area (Å²) in [5, 5.41) is -0.181. The summed E-state index contributed by atoms with van der Waals surface area (Å²) in [5.74, 6) is 0.0470. The Morgan fingerprint density at radius 1 is 1.17 bits per heavy atom. The number of para-hydroxylation sites is 2. The predicted molar refractivity (Wildman–Crippen MR) is 101 cm³/mol. The van der Waals surface area contributed by atoms with Crippen LogP contribution in [0.1, 0.15) is 30.2 Å². The van der Waals surface area contributed by atoms with E-state index in [1.54, 1.807) is 18.2 Å². The van der Waals surface area contributed by atoms with E-state index in [1.807, 2.05) is 6.07 Å². The van der Waals surface area contributed by atoms with Crippen molar-refractivity contribution in [2.45, 2.75) is 29.8 Å². The summed E-state index contributed by atoms with van der Waals surface area (Å²) in [4.78, 5) is 3.61. The van der Waals surface area contributed by atoms with Crippen LogP contribution < -0.4 is 0 Å². The molecule has 0 saturated carbocycles. The third kappa shape index (κ3) is 3.86. The van der Waals surface area contributed by atoms with E-state index in [9.17, 15) is 21.6 Å². The van der Waals surface area contributed by atoms with Gasteiger partial charge in [-0.1, -0.05) is 23.7 Å². The number of nitrogens with zero attached hydrogens (tertiary/aromatic N) is 2. The number of halogens is 4. The first-order valence-corrected chi connectivity index (χ1v) is 10.7. The molecule has 0 unspecified atom stereocenters. The van der Waals surface area contributed by atoms with E-state index in [0.29, 0.717) is 35.9 Å². The molecule has 1 aliphatic heterocycles. The molecule has 2 aromatic carbocycles. The normalized spacial score (nSPS) is 19.0. The Morgan fingerprint density at radius 2 is 1.93 bits per heavy atom. The first kappa shape index (κ1) is 20.2. The van der Waals surface area contributed by atoms with Gasteiger partial charge in [0.2, 0.25) is 10.0 Å². The number of benzene rings is 2. The average Bonchev–Trinajstić information content (AvgIpc) is 3.11. The minimum absolute atomic E-state index is 0.00488. The Kier molecular flexibility index (Phi) is 5.08. The number of oxazole rings is 1. The molecule has 0 amide bonds. The third-order valence-electron chi connectivity index (χ3n) is 4.91. The highest BCUT2D eigenvalue weighted by Gasteiger charge is 2.41. The molecule has 0 bridgehead atoms. The van der Waals surface area contributed by atoms with Crippen LogP contribution in [0.25, 0.3) is 11.1 Å². The highest BCUT2D eigenvalue weighted by atomic mass is 35.5. The number of sulfonamides is 1. The Bertz CT molecular complexity index is 1130. The van der Waals surface area contributed by atoms with E-state index in [1.165, 1.54) is 0 Å². The summed E-state index contributed by atoms with van der Waals surface area (Å²) < 4.78 is 73.2. The van der Waals surface area contributed by atoms with Crippen LogP contribution in [0.5, 0.6) is 0 Å². The number of aromatic nitrogens is 1. The fourth-order valence-corrected chi connectivity index (χ4v) is 5.40. The minimum Gasteiger partial charge on any atom is -0.440 e. The zero-order valence-corrected chi connectivity index (χ0v) is 16.6. The van der Waals surface area contributed by atoms with Gasteiger partial charge in [0.15, 0.2) is 11.5 Å². The van der Waals surface area contributed by atoms with Crippen molar-refractivity contribution in [1.82, 2.24) is 9.29 Å². The molecule has 1 fully saturated rings. The molecule has 0 N–H and O–H groups in total. The lowest BCUT2D eigenvalue weighted by atomic mass is 10.00. The van der Waals surface area contributed by atoms with E-state index < -0.39 is 26.7 Å². The van der Waals surface area contributed by atoms with E-state index in [0.717, 1.165) is 16.4 Å². The maximum absolute atomic E-state index is 13.4. The molecule has 0 radical (unpaired) electrons. The van der Waals surface area contributed by atoms with Crippen LogP contribution >= 0.6 is 11.6 Å². The first-order valence-electron chi connectivity index (χ1n) is 8.88. The number of alkyl halides is 3. The standard InChI is InChI=1S/C19H16ClF3N2O3S/c20-13-7-8-17(14(10-13)19(21,22)23)29(26,27)25-9-3-4-12(11-25)18-24-15-5-1-2-6-16(15)28-18/h1-2,5-8,10,12H,3-4,9,11H2/t12-/m0/s1. The second kappa shape index (κ2) is 7.30. The summed E-state index contributed by atoms with van der Waals surface area (Å²) in [5.41, 5.74) is -0.0342. The van der Waals surface area contributed by atoms with Gasteiger partial charge in [0.05, 0.1) is 10.5 Å². The van der Waals surface area contributed by atoms with Crippen molar-refractivity contribution in [2.75, 3.05) is 13.1 Å². The lowest BCUT2D eigenvalue weighted by Crippen LogP contribution is -2.39. The molecule has 0 aliphatic carbocycles. The Labute approximate surface area is 170 Å². The van der Waals surface area contributed by atoms with Crippen molar-refractivity contribution in [3.05, 3.63) is 58.9 Å². The second-order valence-electron chi connectivity index (χ2n) is 6.86. The zero-order chi connectivity index (χ0) is 20.8. The van der Waals surface area contributed by atoms with Crippen LogP contribution in [-0.2, 0) is 16.2 Å². The van der Waals surface area contributed by atoms with Crippen molar-refractivity contribution >= 4 is 32.7 Å². The molecule has 1 aliphatic rings.